The number of aromatic nitrogens is 5. The minimum absolute atomic E-state index is 0.0751. The number of halogens is 2. The molecule has 0 radical (unpaired) electrons. The lowest BCUT2D eigenvalue weighted by Crippen LogP contribution is -2.32. The molecule has 15 heteroatoms. The molecule has 1 aliphatic heterocycles. The number of sulfonamides is 1. The van der Waals surface area contributed by atoms with Gasteiger partial charge in [-0.2, -0.15) is 0 Å². The second-order valence-electron chi connectivity index (χ2n) is 11.9. The molecule has 1 saturated carbocycles. The molecule has 0 bridgehead atoms. The Morgan fingerprint density at radius 1 is 1.07 bits per heavy atom. The lowest BCUT2D eigenvalue weighted by atomic mass is 10.0. The van der Waals surface area contributed by atoms with Gasteiger partial charge in [-0.1, -0.05) is 6.07 Å². The van der Waals surface area contributed by atoms with E-state index in [1.807, 2.05) is 24.6 Å². The molecule has 1 unspecified atom stereocenters. The molecule has 2 N–H and O–H groups in total. The summed E-state index contributed by atoms with van der Waals surface area (Å²) in [5, 5.41) is 3.72. The number of aryl methyl sites for hydroxylation is 2. The molecule has 2 fully saturated rings. The van der Waals surface area contributed by atoms with Crippen molar-refractivity contribution in [1.82, 2.24) is 29.2 Å². The van der Waals surface area contributed by atoms with Crippen LogP contribution < -0.4 is 20.5 Å². The number of hydrogen-bond donors (Lipinski definition) is 2. The summed E-state index contributed by atoms with van der Waals surface area (Å²) in [6, 6.07) is 6.63. The summed E-state index contributed by atoms with van der Waals surface area (Å²) >= 11 is 0. The Morgan fingerprint density at radius 3 is 2.36 bits per heavy atom. The number of hydrogen-bond acceptors (Lipinski definition) is 10. The van der Waals surface area contributed by atoms with Gasteiger partial charge in [0.2, 0.25) is 16.0 Å². The highest BCUT2D eigenvalue weighted by atomic mass is 32.2. The van der Waals surface area contributed by atoms with Gasteiger partial charge in [0, 0.05) is 43.8 Å². The van der Waals surface area contributed by atoms with Crippen molar-refractivity contribution >= 4 is 38.5 Å². The average molecular weight is 639 g/mol. The van der Waals surface area contributed by atoms with Crippen LogP contribution in [0.25, 0.3) is 10.9 Å². The Bertz CT molecular complexity index is 1990. The van der Waals surface area contributed by atoms with E-state index in [9.17, 15) is 26.8 Å². The van der Waals surface area contributed by atoms with Crippen LogP contribution in [0.4, 0.5) is 20.4 Å². The van der Waals surface area contributed by atoms with Gasteiger partial charge in [0.1, 0.15) is 0 Å². The largest absolute Gasteiger partial charge is 0.377 e. The van der Waals surface area contributed by atoms with Gasteiger partial charge < -0.3 is 10.2 Å². The van der Waals surface area contributed by atoms with E-state index in [1.54, 1.807) is 36.7 Å². The highest BCUT2D eigenvalue weighted by Gasteiger charge is 2.57. The minimum Gasteiger partial charge on any atom is -0.377 e. The molecule has 4 atom stereocenters. The van der Waals surface area contributed by atoms with Crippen molar-refractivity contribution < 1.29 is 22.0 Å². The minimum atomic E-state index is -3.82. The first kappa shape index (κ1) is 30.5. The predicted octanol–water partition coefficient (Wildman–Crippen LogP) is 3.39. The first-order chi connectivity index (χ1) is 21.2. The van der Waals surface area contributed by atoms with Crippen molar-refractivity contribution in [2.24, 2.45) is 18.9 Å². The van der Waals surface area contributed by atoms with Crippen molar-refractivity contribution in [1.29, 1.82) is 0 Å². The van der Waals surface area contributed by atoms with Crippen LogP contribution in [-0.2, 0) is 17.1 Å². The third-order valence-corrected chi connectivity index (χ3v) is 9.00. The van der Waals surface area contributed by atoms with Crippen LogP contribution in [0.15, 0.2) is 41.5 Å². The lowest BCUT2D eigenvalue weighted by molar-refractivity contribution is 0.0977. The van der Waals surface area contributed by atoms with Crippen LogP contribution in [0.2, 0.25) is 0 Å². The van der Waals surface area contributed by atoms with Crippen molar-refractivity contribution in [3.63, 3.8) is 0 Å². The van der Waals surface area contributed by atoms with E-state index in [4.69, 9.17) is 4.98 Å². The van der Waals surface area contributed by atoms with Gasteiger partial charge in [-0.25, -0.2) is 41.9 Å². The molecule has 1 saturated heterocycles. The number of nitrogens with one attached hydrogen (secondary N) is 2. The maximum absolute atomic E-state index is 13.6. The van der Waals surface area contributed by atoms with Gasteiger partial charge >= 0.3 is 0 Å². The van der Waals surface area contributed by atoms with Crippen molar-refractivity contribution in [3.8, 4) is 0 Å². The third-order valence-electron chi connectivity index (χ3n) is 8.45. The Balaban J connectivity index is 1.30. The quantitative estimate of drug-likeness (QED) is 0.294. The summed E-state index contributed by atoms with van der Waals surface area (Å²) in [5.74, 6) is -0.120. The molecule has 1 amide bonds. The predicted molar refractivity (Wildman–Crippen MR) is 164 cm³/mol. The smallest absolute Gasteiger partial charge is 0.297 e. The van der Waals surface area contributed by atoms with E-state index in [0.717, 1.165) is 22.9 Å². The van der Waals surface area contributed by atoms with Gasteiger partial charge in [0.25, 0.3) is 17.9 Å². The Labute approximate surface area is 258 Å². The number of piperidine rings is 1. The van der Waals surface area contributed by atoms with E-state index in [0.29, 0.717) is 41.3 Å². The van der Waals surface area contributed by atoms with Gasteiger partial charge in [0.05, 0.1) is 28.9 Å². The van der Waals surface area contributed by atoms with Crippen molar-refractivity contribution in [2.75, 3.05) is 29.6 Å². The van der Waals surface area contributed by atoms with Crippen LogP contribution in [0.5, 0.6) is 0 Å². The van der Waals surface area contributed by atoms with Crippen molar-refractivity contribution in [3.05, 3.63) is 80.9 Å². The number of benzene rings is 1. The lowest BCUT2D eigenvalue weighted by Gasteiger charge is -2.25. The first-order valence-electron chi connectivity index (χ1n) is 14.3. The summed E-state index contributed by atoms with van der Waals surface area (Å²) in [4.78, 5) is 45.4. The number of amides is 1. The van der Waals surface area contributed by atoms with Gasteiger partial charge in [0.15, 0.2) is 11.5 Å². The molecule has 4 aromatic rings. The summed E-state index contributed by atoms with van der Waals surface area (Å²) in [7, 11) is -2.12. The first-order valence-corrected chi connectivity index (χ1v) is 16.2. The fraction of sp³-hybridized carbons (Fsp3) is 0.400. The molecule has 3 aromatic heterocycles. The van der Waals surface area contributed by atoms with E-state index in [-0.39, 0.29) is 29.0 Å². The summed E-state index contributed by atoms with van der Waals surface area (Å²) in [6.45, 7) is 6.72. The monoisotopic (exact) mass is 638 g/mol. The molecular formula is C30H32F2N8O4S. The number of carbonyl (C=O) groups is 1. The van der Waals surface area contributed by atoms with Crippen molar-refractivity contribution in [2.45, 2.75) is 39.2 Å². The number of rotatable bonds is 8. The zero-order valence-corrected chi connectivity index (χ0v) is 26.1. The van der Waals surface area contributed by atoms with E-state index in [2.05, 4.69) is 25.2 Å². The number of carbonyl (C=O) groups excluding carboxylic acids is 1. The van der Waals surface area contributed by atoms with E-state index < -0.39 is 34.2 Å². The van der Waals surface area contributed by atoms with Crippen LogP contribution in [0.1, 0.15) is 64.0 Å². The van der Waals surface area contributed by atoms with Crippen LogP contribution in [0.3, 0.4) is 0 Å². The van der Waals surface area contributed by atoms with Crippen LogP contribution >= 0.6 is 0 Å². The fourth-order valence-corrected chi connectivity index (χ4v) is 6.78. The highest BCUT2D eigenvalue weighted by Crippen LogP contribution is 2.58. The molecule has 4 heterocycles. The molecule has 1 aromatic carbocycles. The second-order valence-corrected chi connectivity index (χ2v) is 13.6. The molecule has 0 spiro atoms. The Kier molecular flexibility index (Phi) is 7.54. The molecule has 2 aliphatic rings. The maximum Gasteiger partial charge on any atom is 0.297 e. The van der Waals surface area contributed by atoms with Gasteiger partial charge in [-0.3, -0.25) is 14.2 Å². The summed E-state index contributed by atoms with van der Waals surface area (Å²) in [6.07, 6.45) is 1.14. The number of nitrogens with zero attached hydrogens (tertiary/aromatic N) is 6. The molecule has 236 valence electrons. The van der Waals surface area contributed by atoms with Crippen LogP contribution in [0, 0.1) is 25.7 Å². The third kappa shape index (κ3) is 5.83. The highest BCUT2D eigenvalue weighted by molar-refractivity contribution is 7.89. The van der Waals surface area contributed by atoms with Crippen LogP contribution in [-0.4, -0.2) is 58.2 Å². The standard InChI is InChI=1S/C30H32F2N8O4S/c1-14-8-18(16(3)36-22-7-6-15(2)35-25(22)28(41)38-45(5,43)44)24-19(9-14)29(42)39(4)30(37-24)40-12-20-21(13-40)23(20)17-10-33-27(26(31)32)34-11-17/h6-11,16,20-21,23,26,36H,12-13H2,1-5H3,(H,38,41)/t16-,20-,21+,23?/m1/s1. The zero-order valence-electron chi connectivity index (χ0n) is 25.2. The molecule has 12 nitrogen and oxygen atoms in total. The molecule has 1 aliphatic carbocycles. The second kappa shape index (κ2) is 11.1. The average Bonchev–Trinajstić information content (AvgIpc) is 3.47. The Hall–Kier alpha value is -4.53. The number of pyridine rings is 1. The number of anilines is 2. The topological polar surface area (TPSA) is 152 Å². The van der Waals surface area contributed by atoms with Gasteiger partial charge in [-0.05, 0) is 67.9 Å². The fourth-order valence-electron chi connectivity index (χ4n) is 6.34. The van der Waals surface area contributed by atoms with Gasteiger partial charge in [-0.15, -0.1) is 0 Å². The van der Waals surface area contributed by atoms with E-state index in [1.165, 1.54) is 12.4 Å². The maximum atomic E-state index is 13.6. The number of fused-ring (bicyclic) bond motifs is 2. The summed E-state index contributed by atoms with van der Waals surface area (Å²) < 4.78 is 52.7. The molecule has 6 rings (SSSR count). The molecule has 45 heavy (non-hydrogen) atoms. The van der Waals surface area contributed by atoms with E-state index >= 15 is 0 Å². The summed E-state index contributed by atoms with van der Waals surface area (Å²) in [5.41, 5.74) is 3.49. The normalized spacial score (nSPS) is 19.9. The SMILES string of the molecule is Cc1cc([C@@H](C)Nc2ccc(C)nc2C(=O)NS(C)(=O)=O)c2nc(N3C[C@@H]4C(c5cnc(C(F)F)nc5)[C@@H]4C3)n(C)c(=O)c2c1. The number of alkyl halides is 2. The zero-order chi connectivity index (χ0) is 32.4. The molecular weight excluding hydrogens is 606 g/mol. The Morgan fingerprint density at radius 2 is 1.73 bits per heavy atom.